The smallest absolute Gasteiger partial charge is 0.222 e. The Balaban J connectivity index is 2.05. The molecule has 1 aliphatic rings. The maximum Gasteiger partial charge on any atom is 0.222 e. The van der Waals surface area contributed by atoms with Crippen molar-refractivity contribution in [3.8, 4) is 12.3 Å². The van der Waals surface area contributed by atoms with Crippen LogP contribution in [0.4, 0.5) is 0 Å². The van der Waals surface area contributed by atoms with E-state index in [0.29, 0.717) is 19.7 Å². The summed E-state index contributed by atoms with van der Waals surface area (Å²) in [6.45, 7) is 5.79. The molecule has 0 bridgehead atoms. The molecule has 1 heterocycles. The predicted octanol–water partition coefficient (Wildman–Crippen LogP) is 0.235. The Labute approximate surface area is 121 Å². The molecule has 0 radical (unpaired) electrons. The molecule has 1 unspecified atom stereocenters. The number of ether oxygens (including phenoxy) is 1. The van der Waals surface area contributed by atoms with Gasteiger partial charge in [0.05, 0.1) is 19.1 Å². The van der Waals surface area contributed by atoms with Gasteiger partial charge in [0.1, 0.15) is 6.61 Å². The van der Waals surface area contributed by atoms with Crippen molar-refractivity contribution in [2.24, 2.45) is 5.92 Å². The molecule has 5 nitrogen and oxygen atoms in total. The number of nitrogens with zero attached hydrogens (tertiary/aromatic N) is 1. The Morgan fingerprint density at radius 3 is 2.90 bits per heavy atom. The monoisotopic (exact) mass is 282 g/mol. The molecule has 1 atom stereocenters. The lowest BCUT2D eigenvalue weighted by molar-refractivity contribution is -0.122. The molecule has 1 rings (SSSR count). The van der Waals surface area contributed by atoms with E-state index >= 15 is 0 Å². The average Bonchev–Trinajstić information content (AvgIpc) is 2.44. The van der Waals surface area contributed by atoms with Gasteiger partial charge in [0.15, 0.2) is 0 Å². The molecular formula is C15H26N2O3. The van der Waals surface area contributed by atoms with E-state index in [0.717, 1.165) is 19.0 Å². The molecule has 0 spiro atoms. The van der Waals surface area contributed by atoms with Crippen molar-refractivity contribution in [3.63, 3.8) is 0 Å². The molecule has 20 heavy (non-hydrogen) atoms. The molecule has 2 N–H and O–H groups in total. The highest BCUT2D eigenvalue weighted by atomic mass is 16.5. The Bertz CT molecular complexity index is 320. The molecule has 0 aliphatic carbocycles. The van der Waals surface area contributed by atoms with Gasteiger partial charge >= 0.3 is 0 Å². The number of nitrogens with one attached hydrogen (secondary N) is 1. The van der Waals surface area contributed by atoms with Crippen molar-refractivity contribution in [3.05, 3.63) is 0 Å². The van der Waals surface area contributed by atoms with Crippen LogP contribution in [0.5, 0.6) is 0 Å². The van der Waals surface area contributed by atoms with Crippen LogP contribution in [0.15, 0.2) is 0 Å². The maximum absolute atomic E-state index is 11.5. The van der Waals surface area contributed by atoms with Crippen molar-refractivity contribution < 1.29 is 14.6 Å². The highest BCUT2D eigenvalue weighted by Crippen LogP contribution is 2.15. The van der Waals surface area contributed by atoms with E-state index in [4.69, 9.17) is 11.2 Å². The first-order valence-corrected chi connectivity index (χ1v) is 7.30. The van der Waals surface area contributed by atoms with E-state index in [1.807, 2.05) is 0 Å². The Hall–Kier alpha value is -1.09. The summed E-state index contributed by atoms with van der Waals surface area (Å²) >= 11 is 0. The molecular weight excluding hydrogens is 256 g/mol. The zero-order chi connectivity index (χ0) is 14.8. The Kier molecular flexibility index (Phi) is 8.28. The summed E-state index contributed by atoms with van der Waals surface area (Å²) in [4.78, 5) is 13.7. The zero-order valence-electron chi connectivity index (χ0n) is 12.3. The molecule has 0 aromatic carbocycles. The van der Waals surface area contributed by atoms with Crippen LogP contribution in [-0.4, -0.2) is 61.4 Å². The van der Waals surface area contributed by atoms with Gasteiger partial charge in [-0.25, -0.2) is 0 Å². The fourth-order valence-corrected chi connectivity index (χ4v) is 2.22. The number of rotatable bonds is 8. The van der Waals surface area contributed by atoms with Crippen molar-refractivity contribution in [2.45, 2.75) is 32.3 Å². The van der Waals surface area contributed by atoms with Crippen molar-refractivity contribution in [2.75, 3.05) is 39.4 Å². The summed E-state index contributed by atoms with van der Waals surface area (Å²) in [5.41, 5.74) is 0. The molecule has 1 saturated heterocycles. The van der Waals surface area contributed by atoms with Crippen LogP contribution >= 0.6 is 0 Å². The van der Waals surface area contributed by atoms with E-state index < -0.39 is 6.10 Å². The van der Waals surface area contributed by atoms with Gasteiger partial charge in [-0.3, -0.25) is 4.79 Å². The summed E-state index contributed by atoms with van der Waals surface area (Å²) in [5.74, 6) is 3.01. The van der Waals surface area contributed by atoms with Gasteiger partial charge in [-0.2, -0.15) is 0 Å². The number of carbonyl (C=O) groups is 1. The van der Waals surface area contributed by atoms with Crippen LogP contribution < -0.4 is 5.32 Å². The second kappa shape index (κ2) is 9.76. The normalized spacial score (nSPS) is 18.4. The summed E-state index contributed by atoms with van der Waals surface area (Å²) in [7, 11) is 0. The van der Waals surface area contributed by atoms with Crippen LogP contribution in [0, 0.1) is 18.3 Å². The standard InChI is InChI=1S/C15H26N2O3/c1-3-9-20-10-6-15(19)16-11-14(18)12-17-7-4-13(2)5-8-17/h1,13-14,18H,4-12H2,2H3,(H,16,19). The van der Waals surface area contributed by atoms with Crippen molar-refractivity contribution >= 4 is 5.91 Å². The number of carbonyl (C=O) groups excluding carboxylic acids is 1. The molecule has 0 saturated carbocycles. The van der Waals surface area contributed by atoms with E-state index in [1.165, 1.54) is 12.8 Å². The number of terminal acetylenes is 1. The fourth-order valence-electron chi connectivity index (χ4n) is 2.22. The Morgan fingerprint density at radius 1 is 1.55 bits per heavy atom. The quantitative estimate of drug-likeness (QED) is 0.494. The molecule has 114 valence electrons. The average molecular weight is 282 g/mol. The highest BCUT2D eigenvalue weighted by Gasteiger charge is 2.18. The largest absolute Gasteiger partial charge is 0.390 e. The highest BCUT2D eigenvalue weighted by molar-refractivity contribution is 5.75. The topological polar surface area (TPSA) is 61.8 Å². The van der Waals surface area contributed by atoms with Gasteiger partial charge in [-0.1, -0.05) is 12.8 Å². The number of amides is 1. The van der Waals surface area contributed by atoms with E-state index in [9.17, 15) is 9.90 Å². The number of piperidine rings is 1. The third-order valence-corrected chi connectivity index (χ3v) is 3.54. The van der Waals surface area contributed by atoms with Crippen LogP contribution in [-0.2, 0) is 9.53 Å². The number of hydrogen-bond donors (Lipinski definition) is 2. The summed E-state index contributed by atoms with van der Waals surface area (Å²) in [6, 6.07) is 0. The molecule has 0 aromatic heterocycles. The molecule has 5 heteroatoms. The fraction of sp³-hybridized carbons (Fsp3) is 0.800. The lowest BCUT2D eigenvalue weighted by Crippen LogP contribution is -2.43. The van der Waals surface area contributed by atoms with Crippen LogP contribution in [0.25, 0.3) is 0 Å². The second-order valence-corrected chi connectivity index (χ2v) is 5.45. The maximum atomic E-state index is 11.5. The Morgan fingerprint density at radius 2 is 2.25 bits per heavy atom. The van der Waals surface area contributed by atoms with Gasteiger partial charge in [0.2, 0.25) is 5.91 Å². The lowest BCUT2D eigenvalue weighted by Gasteiger charge is -2.31. The van der Waals surface area contributed by atoms with Gasteiger partial charge in [0, 0.05) is 13.1 Å². The van der Waals surface area contributed by atoms with Crippen molar-refractivity contribution in [1.29, 1.82) is 0 Å². The minimum absolute atomic E-state index is 0.117. The SMILES string of the molecule is C#CCOCCC(=O)NCC(O)CN1CCC(C)CC1. The molecule has 1 fully saturated rings. The predicted molar refractivity (Wildman–Crippen MR) is 78.1 cm³/mol. The third kappa shape index (κ3) is 7.49. The number of aliphatic hydroxyl groups is 1. The molecule has 0 aromatic rings. The van der Waals surface area contributed by atoms with Gasteiger partial charge in [-0.05, 0) is 31.8 Å². The third-order valence-electron chi connectivity index (χ3n) is 3.54. The van der Waals surface area contributed by atoms with Gasteiger partial charge in [0.25, 0.3) is 0 Å². The minimum Gasteiger partial charge on any atom is -0.390 e. The number of aliphatic hydroxyl groups excluding tert-OH is 1. The van der Waals surface area contributed by atoms with Gasteiger partial charge in [-0.15, -0.1) is 6.42 Å². The van der Waals surface area contributed by atoms with Crippen LogP contribution in [0.1, 0.15) is 26.2 Å². The van der Waals surface area contributed by atoms with Crippen LogP contribution in [0.2, 0.25) is 0 Å². The summed E-state index contributed by atoms with van der Waals surface area (Å²) in [6.07, 6.45) is 7.16. The number of likely N-dealkylation sites (tertiary alicyclic amines) is 1. The minimum atomic E-state index is -0.515. The van der Waals surface area contributed by atoms with E-state index in [1.54, 1.807) is 0 Å². The van der Waals surface area contributed by atoms with Gasteiger partial charge < -0.3 is 20.1 Å². The van der Waals surface area contributed by atoms with E-state index in [2.05, 4.69) is 23.1 Å². The first-order valence-electron chi connectivity index (χ1n) is 7.30. The first-order chi connectivity index (χ1) is 9.61. The number of hydrogen-bond acceptors (Lipinski definition) is 4. The number of β-amino-alcohol motifs (C(OH)–C–C–N with tert-alkyl or cyclic N) is 1. The lowest BCUT2D eigenvalue weighted by atomic mass is 9.99. The molecule has 1 amide bonds. The zero-order valence-corrected chi connectivity index (χ0v) is 12.3. The molecule has 1 aliphatic heterocycles. The first kappa shape index (κ1) is 17.0. The summed E-state index contributed by atoms with van der Waals surface area (Å²) < 4.78 is 5.02. The second-order valence-electron chi connectivity index (χ2n) is 5.45. The summed E-state index contributed by atoms with van der Waals surface area (Å²) in [5, 5.41) is 12.6. The van der Waals surface area contributed by atoms with E-state index in [-0.39, 0.29) is 18.9 Å². The van der Waals surface area contributed by atoms with Crippen molar-refractivity contribution in [1.82, 2.24) is 10.2 Å². The van der Waals surface area contributed by atoms with Crippen LogP contribution in [0.3, 0.4) is 0 Å².